The van der Waals surface area contributed by atoms with Crippen LogP contribution in [0.1, 0.15) is 52.9 Å². The van der Waals surface area contributed by atoms with E-state index in [4.69, 9.17) is 4.74 Å². The van der Waals surface area contributed by atoms with Gasteiger partial charge in [-0.2, -0.15) is 0 Å². The molecule has 2 rings (SSSR count). The Hall–Kier alpha value is -0.410. The monoisotopic (exact) mass is 253 g/mol. The van der Waals surface area contributed by atoms with Gasteiger partial charge in [0.2, 0.25) is 0 Å². The summed E-state index contributed by atoms with van der Waals surface area (Å²) in [5, 5.41) is 0. The molecule has 1 heterocycles. The van der Waals surface area contributed by atoms with Crippen LogP contribution in [0.5, 0.6) is 0 Å². The third-order valence-electron chi connectivity index (χ3n) is 4.46. The molecule has 1 saturated carbocycles. The van der Waals surface area contributed by atoms with Crippen LogP contribution >= 0.6 is 0 Å². The van der Waals surface area contributed by atoms with Gasteiger partial charge in [0.05, 0.1) is 6.61 Å². The largest absolute Gasteiger partial charge is 0.372 e. The molecule has 1 saturated heterocycles. The lowest BCUT2D eigenvalue weighted by Gasteiger charge is -2.36. The lowest BCUT2D eigenvalue weighted by molar-refractivity contribution is -0.122. The van der Waals surface area contributed by atoms with Crippen molar-refractivity contribution in [1.29, 1.82) is 0 Å². The number of ether oxygens (including phenoxy) is 1. The maximum Gasteiger partial charge on any atom is 0.155 e. The van der Waals surface area contributed by atoms with Crippen molar-refractivity contribution in [2.75, 3.05) is 13.2 Å². The van der Waals surface area contributed by atoms with Gasteiger partial charge < -0.3 is 4.74 Å². The summed E-state index contributed by atoms with van der Waals surface area (Å²) in [5.74, 6) is 0.994. The number of fused-ring (bicyclic) bond motifs is 1. The molecule has 104 valence electrons. The van der Waals surface area contributed by atoms with Crippen molar-refractivity contribution in [1.82, 2.24) is 4.90 Å². The summed E-state index contributed by atoms with van der Waals surface area (Å²) in [6.45, 7) is 7.17. The molecule has 1 aliphatic carbocycles. The van der Waals surface area contributed by atoms with Gasteiger partial charge in [-0.25, -0.2) is 0 Å². The highest BCUT2D eigenvalue weighted by molar-refractivity contribution is 5.76. The normalized spacial score (nSPS) is 32.8. The predicted molar refractivity (Wildman–Crippen MR) is 72.6 cm³/mol. The smallest absolute Gasteiger partial charge is 0.155 e. The molecular weight excluding hydrogens is 226 g/mol. The average Bonchev–Trinajstić information content (AvgIpc) is 2.66. The number of nitrogens with zero attached hydrogens (tertiary/aromatic N) is 1. The first-order valence-electron chi connectivity index (χ1n) is 7.44. The summed E-state index contributed by atoms with van der Waals surface area (Å²) in [4.78, 5) is 13.6. The highest BCUT2D eigenvalue weighted by atomic mass is 16.5. The predicted octanol–water partition coefficient (Wildman–Crippen LogP) is 2.63. The number of carbonyl (C=O) groups is 1. The fraction of sp³-hybridized carbons (Fsp3) is 0.933. The van der Waals surface area contributed by atoms with E-state index < -0.39 is 0 Å². The highest BCUT2D eigenvalue weighted by Crippen LogP contribution is 2.40. The van der Waals surface area contributed by atoms with Gasteiger partial charge in [-0.05, 0) is 46.0 Å². The second kappa shape index (κ2) is 6.16. The zero-order valence-electron chi connectivity index (χ0n) is 12.0. The SMILES string of the molecule is CC(=O)COC[C@@H]1C[C@@H]2CCCC[C@@H]2N1C(C)C. The molecule has 3 heteroatoms. The number of likely N-dealkylation sites (tertiary alicyclic amines) is 1. The van der Waals surface area contributed by atoms with Crippen LogP contribution in [0.3, 0.4) is 0 Å². The van der Waals surface area contributed by atoms with Crippen molar-refractivity contribution in [3.8, 4) is 0 Å². The van der Waals surface area contributed by atoms with Crippen molar-refractivity contribution >= 4 is 5.78 Å². The van der Waals surface area contributed by atoms with Crippen LogP contribution in [-0.4, -0.2) is 42.0 Å². The zero-order valence-corrected chi connectivity index (χ0v) is 12.0. The van der Waals surface area contributed by atoms with Crippen LogP contribution < -0.4 is 0 Å². The van der Waals surface area contributed by atoms with E-state index in [-0.39, 0.29) is 12.4 Å². The van der Waals surface area contributed by atoms with Gasteiger partial charge in [0, 0.05) is 18.1 Å². The van der Waals surface area contributed by atoms with Crippen LogP contribution in [0, 0.1) is 5.92 Å². The summed E-state index contributed by atoms with van der Waals surface area (Å²) >= 11 is 0. The van der Waals surface area contributed by atoms with E-state index >= 15 is 0 Å². The Kier molecular flexibility index (Phi) is 4.79. The van der Waals surface area contributed by atoms with Crippen LogP contribution in [0.25, 0.3) is 0 Å². The Bertz CT molecular complexity index is 290. The number of carbonyl (C=O) groups excluding carboxylic acids is 1. The molecule has 0 radical (unpaired) electrons. The topological polar surface area (TPSA) is 29.5 Å². The molecule has 1 aliphatic heterocycles. The van der Waals surface area contributed by atoms with E-state index in [0.29, 0.717) is 12.1 Å². The number of Topliss-reactive ketones (excluding diaryl/α,β-unsaturated/α-hetero) is 1. The third-order valence-corrected chi connectivity index (χ3v) is 4.46. The summed E-state index contributed by atoms with van der Waals surface area (Å²) in [6, 6.07) is 1.88. The molecule has 0 unspecified atom stereocenters. The first-order valence-corrected chi connectivity index (χ1v) is 7.44. The second-order valence-electron chi connectivity index (χ2n) is 6.26. The van der Waals surface area contributed by atoms with Crippen molar-refractivity contribution in [3.05, 3.63) is 0 Å². The van der Waals surface area contributed by atoms with E-state index in [9.17, 15) is 4.79 Å². The number of hydrogen-bond donors (Lipinski definition) is 0. The molecule has 0 bridgehead atoms. The Morgan fingerprint density at radius 2 is 2.06 bits per heavy atom. The van der Waals surface area contributed by atoms with E-state index in [0.717, 1.165) is 18.6 Å². The number of rotatable bonds is 5. The van der Waals surface area contributed by atoms with Gasteiger partial charge in [-0.15, -0.1) is 0 Å². The number of hydrogen-bond acceptors (Lipinski definition) is 3. The quantitative estimate of drug-likeness (QED) is 0.754. The first-order chi connectivity index (χ1) is 8.59. The molecule has 3 atom stereocenters. The highest BCUT2D eigenvalue weighted by Gasteiger charge is 2.42. The van der Waals surface area contributed by atoms with Gasteiger partial charge in [-0.3, -0.25) is 9.69 Å². The molecule has 0 aromatic heterocycles. The Morgan fingerprint density at radius 1 is 1.33 bits per heavy atom. The van der Waals surface area contributed by atoms with Crippen LogP contribution in [0.4, 0.5) is 0 Å². The molecule has 2 aliphatic rings. The van der Waals surface area contributed by atoms with Gasteiger partial charge in [0.1, 0.15) is 6.61 Å². The summed E-state index contributed by atoms with van der Waals surface area (Å²) in [5.41, 5.74) is 0. The lowest BCUT2D eigenvalue weighted by atomic mass is 9.84. The average molecular weight is 253 g/mol. The van der Waals surface area contributed by atoms with Crippen molar-refractivity contribution in [3.63, 3.8) is 0 Å². The molecule has 0 spiro atoms. The van der Waals surface area contributed by atoms with Crippen molar-refractivity contribution < 1.29 is 9.53 Å². The maximum atomic E-state index is 10.9. The second-order valence-corrected chi connectivity index (χ2v) is 6.26. The van der Waals surface area contributed by atoms with Crippen molar-refractivity contribution in [2.45, 2.75) is 71.0 Å². The lowest BCUT2D eigenvalue weighted by Crippen LogP contribution is -2.45. The molecule has 18 heavy (non-hydrogen) atoms. The first kappa shape index (κ1) is 14.0. The van der Waals surface area contributed by atoms with Crippen LogP contribution in [0.2, 0.25) is 0 Å². The fourth-order valence-electron chi connectivity index (χ4n) is 3.89. The Morgan fingerprint density at radius 3 is 2.72 bits per heavy atom. The van der Waals surface area contributed by atoms with Crippen LogP contribution in [0.15, 0.2) is 0 Å². The number of ketones is 1. The van der Waals surface area contributed by atoms with E-state index in [2.05, 4.69) is 18.7 Å². The molecule has 3 nitrogen and oxygen atoms in total. The van der Waals surface area contributed by atoms with Gasteiger partial charge >= 0.3 is 0 Å². The standard InChI is InChI=1S/C15H27NO2/c1-11(2)16-14(10-18-9-12(3)17)8-13-6-4-5-7-15(13)16/h11,13-15H,4-10H2,1-3H3/t13-,14-,15-/m0/s1. The molecule has 0 aromatic carbocycles. The van der Waals surface area contributed by atoms with Crippen molar-refractivity contribution in [2.24, 2.45) is 5.92 Å². The minimum Gasteiger partial charge on any atom is -0.372 e. The van der Waals surface area contributed by atoms with E-state index in [1.807, 2.05) is 0 Å². The Labute approximate surface area is 111 Å². The van der Waals surface area contributed by atoms with Crippen LogP contribution in [-0.2, 0) is 9.53 Å². The molecular formula is C15H27NO2. The summed E-state index contributed by atoms with van der Waals surface area (Å²) in [7, 11) is 0. The summed E-state index contributed by atoms with van der Waals surface area (Å²) < 4.78 is 5.57. The summed E-state index contributed by atoms with van der Waals surface area (Å²) in [6.07, 6.45) is 6.78. The molecule has 0 aromatic rings. The van der Waals surface area contributed by atoms with Gasteiger partial charge in [0.15, 0.2) is 5.78 Å². The molecule has 0 amide bonds. The zero-order chi connectivity index (χ0) is 13.1. The minimum atomic E-state index is 0.126. The molecule has 2 fully saturated rings. The molecule has 0 N–H and O–H groups in total. The maximum absolute atomic E-state index is 10.9. The minimum absolute atomic E-state index is 0.126. The van der Waals surface area contributed by atoms with E-state index in [1.165, 1.54) is 32.1 Å². The van der Waals surface area contributed by atoms with E-state index in [1.54, 1.807) is 6.92 Å². The third kappa shape index (κ3) is 3.12. The fourth-order valence-corrected chi connectivity index (χ4v) is 3.89. The van der Waals surface area contributed by atoms with Gasteiger partial charge in [-0.1, -0.05) is 12.8 Å². The Balaban J connectivity index is 1.93. The van der Waals surface area contributed by atoms with Gasteiger partial charge in [0.25, 0.3) is 0 Å².